The number of rotatable bonds is 6. The first kappa shape index (κ1) is 18.6. The van der Waals surface area contributed by atoms with Crippen LogP contribution in [0.4, 0.5) is 5.69 Å². The number of aryl methyl sites for hydroxylation is 1. The number of anilines is 1. The largest absolute Gasteiger partial charge is 0.324 e. The number of hydrogen-bond donors (Lipinski definition) is 1. The summed E-state index contributed by atoms with van der Waals surface area (Å²) >= 11 is 2.95. The van der Waals surface area contributed by atoms with Crippen LogP contribution in [0.3, 0.4) is 0 Å². The van der Waals surface area contributed by atoms with Crippen LogP contribution in [0.15, 0.2) is 40.0 Å². The molecule has 7 nitrogen and oxygen atoms in total. The molecule has 2 heterocycles. The van der Waals surface area contributed by atoms with E-state index in [2.05, 4.69) is 15.4 Å². The third-order valence-corrected chi connectivity index (χ3v) is 5.25. The zero-order valence-corrected chi connectivity index (χ0v) is 16.4. The highest BCUT2D eigenvalue weighted by atomic mass is 32.2. The van der Waals surface area contributed by atoms with Crippen LogP contribution >= 0.6 is 23.1 Å². The van der Waals surface area contributed by atoms with Crippen molar-refractivity contribution in [2.75, 3.05) is 25.2 Å². The lowest BCUT2D eigenvalue weighted by molar-refractivity contribution is -0.117. The Morgan fingerprint density at radius 2 is 2.15 bits per heavy atom. The fourth-order valence-electron chi connectivity index (χ4n) is 2.55. The molecule has 0 saturated carbocycles. The normalized spacial score (nSPS) is 11.2. The number of para-hydroxylation sites is 1. The topological polar surface area (TPSA) is 79.6 Å². The molecule has 0 aliphatic carbocycles. The molecule has 0 fully saturated rings. The standard InChI is InChI=1S/C17H19N5O2S2/c1-11-20-22-16(24)8-12(18-17(22)26-11)9-21(2)10-15(23)19-13-6-4-5-7-14(13)25-3/h4-8H,9-10H2,1-3H3,(H,19,23). The fraction of sp³-hybridized carbons (Fsp3) is 0.294. The van der Waals surface area contributed by atoms with Gasteiger partial charge in [-0.25, -0.2) is 4.98 Å². The maximum Gasteiger partial charge on any atom is 0.275 e. The Hall–Kier alpha value is -2.23. The second kappa shape index (κ2) is 7.98. The van der Waals surface area contributed by atoms with Gasteiger partial charge in [0.1, 0.15) is 5.01 Å². The van der Waals surface area contributed by atoms with Crippen LogP contribution in [0.1, 0.15) is 10.7 Å². The summed E-state index contributed by atoms with van der Waals surface area (Å²) in [7, 11) is 1.82. The van der Waals surface area contributed by atoms with Gasteiger partial charge < -0.3 is 5.32 Å². The van der Waals surface area contributed by atoms with Crippen LogP contribution in [0.2, 0.25) is 0 Å². The lowest BCUT2D eigenvalue weighted by Crippen LogP contribution is -2.30. The summed E-state index contributed by atoms with van der Waals surface area (Å²) in [5, 5.41) is 7.84. The van der Waals surface area contributed by atoms with Crippen molar-refractivity contribution < 1.29 is 4.79 Å². The summed E-state index contributed by atoms with van der Waals surface area (Å²) in [4.78, 5) is 32.3. The maximum absolute atomic E-state index is 12.3. The van der Waals surface area contributed by atoms with Crippen LogP contribution < -0.4 is 10.9 Å². The van der Waals surface area contributed by atoms with Gasteiger partial charge in [-0.3, -0.25) is 14.5 Å². The Bertz CT molecular complexity index is 998. The van der Waals surface area contributed by atoms with Gasteiger partial charge in [-0.05, 0) is 32.4 Å². The zero-order valence-electron chi connectivity index (χ0n) is 14.7. The number of likely N-dealkylation sites (N-methyl/N-ethyl adjacent to an activating group) is 1. The predicted octanol–water partition coefficient (Wildman–Crippen LogP) is 2.25. The van der Waals surface area contributed by atoms with Gasteiger partial charge in [0.2, 0.25) is 10.9 Å². The molecule has 0 aliphatic rings. The first-order valence-corrected chi connectivity index (χ1v) is 9.98. The van der Waals surface area contributed by atoms with E-state index in [4.69, 9.17) is 0 Å². The molecule has 1 N–H and O–H groups in total. The van der Waals surface area contributed by atoms with E-state index in [1.54, 1.807) is 11.8 Å². The summed E-state index contributed by atoms with van der Waals surface area (Å²) in [6, 6.07) is 9.14. The summed E-state index contributed by atoms with van der Waals surface area (Å²) in [6.45, 7) is 2.44. The highest BCUT2D eigenvalue weighted by Crippen LogP contribution is 2.24. The summed E-state index contributed by atoms with van der Waals surface area (Å²) < 4.78 is 1.30. The molecule has 0 unspecified atom stereocenters. The lowest BCUT2D eigenvalue weighted by Gasteiger charge is -2.16. The molecule has 0 radical (unpaired) electrons. The van der Waals surface area contributed by atoms with Crippen molar-refractivity contribution in [2.45, 2.75) is 18.4 Å². The Labute approximate surface area is 159 Å². The van der Waals surface area contributed by atoms with Crippen LogP contribution in [0.25, 0.3) is 4.96 Å². The van der Waals surface area contributed by atoms with E-state index in [1.165, 1.54) is 21.9 Å². The SMILES string of the molecule is CSc1ccccc1NC(=O)CN(C)Cc1cc(=O)n2nc(C)sc2n1. The van der Waals surface area contributed by atoms with Crippen molar-refractivity contribution in [1.29, 1.82) is 0 Å². The Morgan fingerprint density at radius 3 is 2.92 bits per heavy atom. The van der Waals surface area contributed by atoms with E-state index in [0.717, 1.165) is 15.6 Å². The van der Waals surface area contributed by atoms with Gasteiger partial charge in [-0.2, -0.15) is 9.61 Å². The number of carbonyl (C=O) groups is 1. The average molecular weight is 390 g/mol. The molecule has 1 amide bonds. The number of fused-ring (bicyclic) bond motifs is 1. The number of nitrogens with zero attached hydrogens (tertiary/aromatic N) is 4. The Morgan fingerprint density at radius 1 is 1.38 bits per heavy atom. The molecule has 2 aromatic heterocycles. The molecule has 9 heteroatoms. The second-order valence-electron chi connectivity index (χ2n) is 5.82. The van der Waals surface area contributed by atoms with Gasteiger partial charge >= 0.3 is 0 Å². The van der Waals surface area contributed by atoms with Crippen molar-refractivity contribution in [3.63, 3.8) is 0 Å². The molecule has 1 aromatic carbocycles. The summed E-state index contributed by atoms with van der Waals surface area (Å²) in [5.41, 5.74) is 1.22. The van der Waals surface area contributed by atoms with Crippen molar-refractivity contribution >= 4 is 39.7 Å². The number of hydrogen-bond acceptors (Lipinski definition) is 7. The molecule has 3 rings (SSSR count). The van der Waals surface area contributed by atoms with Gasteiger partial charge in [-0.1, -0.05) is 23.5 Å². The minimum atomic E-state index is -0.207. The highest BCUT2D eigenvalue weighted by Gasteiger charge is 2.12. The second-order valence-corrected chi connectivity index (χ2v) is 7.83. The quantitative estimate of drug-likeness (QED) is 0.652. The molecule has 0 saturated heterocycles. The van der Waals surface area contributed by atoms with E-state index in [-0.39, 0.29) is 18.0 Å². The number of aromatic nitrogens is 3. The average Bonchev–Trinajstić information content (AvgIpc) is 2.96. The van der Waals surface area contributed by atoms with Crippen LogP contribution in [-0.2, 0) is 11.3 Å². The zero-order chi connectivity index (χ0) is 18.7. The Kier molecular flexibility index (Phi) is 5.70. The van der Waals surface area contributed by atoms with Crippen molar-refractivity contribution in [3.8, 4) is 0 Å². The van der Waals surface area contributed by atoms with E-state index in [1.807, 2.05) is 49.4 Å². The summed E-state index contributed by atoms with van der Waals surface area (Å²) in [6.07, 6.45) is 1.97. The molecule has 0 aliphatic heterocycles. The third-order valence-electron chi connectivity index (χ3n) is 3.63. The van der Waals surface area contributed by atoms with E-state index < -0.39 is 0 Å². The van der Waals surface area contributed by atoms with Crippen molar-refractivity contribution in [2.24, 2.45) is 0 Å². The number of carbonyl (C=O) groups excluding carboxylic acids is 1. The van der Waals surface area contributed by atoms with E-state index in [0.29, 0.717) is 17.2 Å². The first-order chi connectivity index (χ1) is 12.5. The van der Waals surface area contributed by atoms with E-state index in [9.17, 15) is 9.59 Å². The van der Waals surface area contributed by atoms with Crippen LogP contribution in [0.5, 0.6) is 0 Å². The minimum Gasteiger partial charge on any atom is -0.324 e. The molecule has 3 aromatic rings. The van der Waals surface area contributed by atoms with Gasteiger partial charge in [0.25, 0.3) is 5.56 Å². The van der Waals surface area contributed by atoms with E-state index >= 15 is 0 Å². The van der Waals surface area contributed by atoms with Crippen molar-refractivity contribution in [1.82, 2.24) is 19.5 Å². The van der Waals surface area contributed by atoms with Crippen LogP contribution in [-0.4, -0.2) is 45.3 Å². The Balaban J connectivity index is 1.66. The molecule has 136 valence electrons. The molecule has 0 bridgehead atoms. The molecule has 0 spiro atoms. The highest BCUT2D eigenvalue weighted by molar-refractivity contribution is 7.98. The van der Waals surface area contributed by atoms with Gasteiger partial charge in [0, 0.05) is 17.5 Å². The summed E-state index contributed by atoms with van der Waals surface area (Å²) in [5.74, 6) is -0.111. The molecule has 26 heavy (non-hydrogen) atoms. The third kappa shape index (κ3) is 4.29. The predicted molar refractivity (Wildman–Crippen MR) is 105 cm³/mol. The van der Waals surface area contributed by atoms with Crippen molar-refractivity contribution in [3.05, 3.63) is 51.4 Å². The maximum atomic E-state index is 12.3. The van der Waals surface area contributed by atoms with Gasteiger partial charge in [0.05, 0.1) is 17.9 Å². The first-order valence-electron chi connectivity index (χ1n) is 7.94. The number of amides is 1. The smallest absolute Gasteiger partial charge is 0.275 e. The number of benzene rings is 1. The molecular weight excluding hydrogens is 370 g/mol. The van der Waals surface area contributed by atoms with Gasteiger partial charge in [-0.15, -0.1) is 11.8 Å². The molecular formula is C17H19N5O2S2. The minimum absolute atomic E-state index is 0.111. The number of thioether (sulfide) groups is 1. The van der Waals surface area contributed by atoms with Gasteiger partial charge in [0.15, 0.2) is 0 Å². The molecule has 0 atom stereocenters. The lowest BCUT2D eigenvalue weighted by atomic mass is 10.3. The monoisotopic (exact) mass is 389 g/mol. The number of nitrogens with one attached hydrogen (secondary N) is 1. The fourth-order valence-corrected chi connectivity index (χ4v) is 3.87. The van der Waals surface area contributed by atoms with Crippen LogP contribution in [0, 0.1) is 6.92 Å².